The molecule has 0 radical (unpaired) electrons. The highest BCUT2D eigenvalue weighted by atomic mass is 32.1. The van der Waals surface area contributed by atoms with Gasteiger partial charge in [-0.3, -0.25) is 4.99 Å². The SMILES string of the molecule is C=C(C)CN=c1scc(-c2ccccc2)n1N=Cc1ccc(O)cc1O. The summed E-state index contributed by atoms with van der Waals surface area (Å²) in [5.41, 5.74) is 3.40. The maximum absolute atomic E-state index is 9.96. The van der Waals surface area contributed by atoms with Crippen LogP contribution in [0.4, 0.5) is 0 Å². The Morgan fingerprint density at radius 3 is 2.65 bits per heavy atom. The Hall–Kier alpha value is -3.12. The maximum atomic E-state index is 9.96. The zero-order valence-electron chi connectivity index (χ0n) is 14.3. The van der Waals surface area contributed by atoms with E-state index in [0.717, 1.165) is 21.6 Å². The first-order chi connectivity index (χ1) is 12.5. The van der Waals surface area contributed by atoms with Crippen molar-refractivity contribution in [1.82, 2.24) is 4.68 Å². The predicted molar refractivity (Wildman–Crippen MR) is 106 cm³/mol. The summed E-state index contributed by atoms with van der Waals surface area (Å²) in [5, 5.41) is 25.9. The summed E-state index contributed by atoms with van der Waals surface area (Å²) < 4.78 is 1.75. The normalized spacial score (nSPS) is 12.0. The summed E-state index contributed by atoms with van der Waals surface area (Å²) in [6.07, 6.45) is 1.55. The van der Waals surface area contributed by atoms with Gasteiger partial charge in [-0.15, -0.1) is 11.3 Å². The van der Waals surface area contributed by atoms with E-state index in [1.165, 1.54) is 23.5 Å². The summed E-state index contributed by atoms with van der Waals surface area (Å²) in [6, 6.07) is 14.3. The summed E-state index contributed by atoms with van der Waals surface area (Å²) in [4.78, 5) is 5.30. The van der Waals surface area contributed by atoms with Crippen molar-refractivity contribution >= 4 is 17.6 Å². The molecule has 26 heavy (non-hydrogen) atoms. The largest absolute Gasteiger partial charge is 0.508 e. The molecule has 2 N–H and O–H groups in total. The molecule has 5 nitrogen and oxygen atoms in total. The maximum Gasteiger partial charge on any atom is 0.206 e. The molecule has 0 aliphatic heterocycles. The molecule has 0 aliphatic carbocycles. The zero-order chi connectivity index (χ0) is 18.5. The lowest BCUT2D eigenvalue weighted by Crippen LogP contribution is -2.13. The molecule has 0 aliphatic rings. The quantitative estimate of drug-likeness (QED) is 0.530. The minimum atomic E-state index is -0.0359. The minimum absolute atomic E-state index is 0.00459. The van der Waals surface area contributed by atoms with E-state index in [0.29, 0.717) is 12.1 Å². The van der Waals surface area contributed by atoms with Crippen molar-refractivity contribution < 1.29 is 10.2 Å². The first-order valence-corrected chi connectivity index (χ1v) is 8.90. The smallest absolute Gasteiger partial charge is 0.206 e. The lowest BCUT2D eigenvalue weighted by Gasteiger charge is -2.04. The van der Waals surface area contributed by atoms with E-state index >= 15 is 0 Å². The molecule has 0 spiro atoms. The summed E-state index contributed by atoms with van der Waals surface area (Å²) in [5.74, 6) is -0.0313. The highest BCUT2D eigenvalue weighted by Crippen LogP contribution is 2.22. The monoisotopic (exact) mass is 365 g/mol. The van der Waals surface area contributed by atoms with Gasteiger partial charge in [-0.05, 0) is 19.1 Å². The number of rotatable bonds is 5. The summed E-state index contributed by atoms with van der Waals surface area (Å²) >= 11 is 1.49. The molecule has 0 atom stereocenters. The first-order valence-electron chi connectivity index (χ1n) is 8.02. The molecule has 3 rings (SSSR count). The zero-order valence-corrected chi connectivity index (χ0v) is 15.1. The number of benzene rings is 2. The molecule has 0 fully saturated rings. The number of hydrogen-bond acceptors (Lipinski definition) is 5. The van der Waals surface area contributed by atoms with Crippen LogP contribution in [0.15, 0.2) is 76.2 Å². The van der Waals surface area contributed by atoms with Crippen LogP contribution in [-0.4, -0.2) is 27.6 Å². The topological polar surface area (TPSA) is 70.1 Å². The van der Waals surface area contributed by atoms with Crippen molar-refractivity contribution in [1.29, 1.82) is 0 Å². The van der Waals surface area contributed by atoms with Crippen LogP contribution in [0.5, 0.6) is 11.5 Å². The third-order valence-electron chi connectivity index (χ3n) is 3.57. The molecule has 132 valence electrons. The molecule has 6 heteroatoms. The number of hydrogen-bond donors (Lipinski definition) is 2. The van der Waals surface area contributed by atoms with Crippen LogP contribution < -0.4 is 4.80 Å². The Bertz CT molecular complexity index is 1020. The molecule has 2 aromatic carbocycles. The van der Waals surface area contributed by atoms with E-state index < -0.39 is 0 Å². The number of thiazole rings is 1. The predicted octanol–water partition coefficient (Wildman–Crippen LogP) is 3.99. The number of phenolic OH excluding ortho intramolecular Hbond substituents is 2. The molecule has 1 heterocycles. The van der Waals surface area contributed by atoms with Crippen molar-refractivity contribution in [2.45, 2.75) is 6.92 Å². The molecule has 1 aromatic heterocycles. The fourth-order valence-corrected chi connectivity index (χ4v) is 3.13. The van der Waals surface area contributed by atoms with Crippen LogP contribution in [0, 0.1) is 0 Å². The second kappa shape index (κ2) is 7.84. The Balaban J connectivity index is 2.08. The van der Waals surface area contributed by atoms with Crippen molar-refractivity contribution in [3.63, 3.8) is 0 Å². The molecular weight excluding hydrogens is 346 g/mol. The molecule has 0 bridgehead atoms. The molecule has 0 unspecified atom stereocenters. The van der Waals surface area contributed by atoms with E-state index in [1.54, 1.807) is 17.0 Å². The lowest BCUT2D eigenvalue weighted by atomic mass is 10.2. The Morgan fingerprint density at radius 1 is 1.19 bits per heavy atom. The highest BCUT2D eigenvalue weighted by molar-refractivity contribution is 7.07. The van der Waals surface area contributed by atoms with E-state index in [1.807, 2.05) is 42.6 Å². The summed E-state index contributed by atoms with van der Waals surface area (Å²) in [7, 11) is 0. The van der Waals surface area contributed by atoms with Gasteiger partial charge in [-0.1, -0.05) is 42.5 Å². The van der Waals surface area contributed by atoms with Crippen LogP contribution >= 0.6 is 11.3 Å². The fourth-order valence-electron chi connectivity index (χ4n) is 2.29. The van der Waals surface area contributed by atoms with Crippen LogP contribution in [0.1, 0.15) is 12.5 Å². The molecular formula is C20H19N3O2S. The van der Waals surface area contributed by atoms with Crippen molar-refractivity contribution in [3.8, 4) is 22.8 Å². The number of phenols is 2. The Morgan fingerprint density at radius 2 is 1.96 bits per heavy atom. The Labute approximate surface area is 155 Å². The number of aromatic nitrogens is 1. The average Bonchev–Trinajstić information content (AvgIpc) is 3.03. The number of aromatic hydroxyl groups is 2. The van der Waals surface area contributed by atoms with Gasteiger partial charge in [0.25, 0.3) is 0 Å². The van der Waals surface area contributed by atoms with Crippen molar-refractivity contribution in [2.75, 3.05) is 6.54 Å². The molecule has 0 saturated heterocycles. The standard InChI is InChI=1S/C20H19N3O2S/c1-14(2)11-21-20-23(18(13-26-20)15-6-4-3-5-7-15)22-12-16-8-9-17(24)10-19(16)25/h3-10,12-13,24-25H,1,11H2,2H3. The number of nitrogens with zero attached hydrogens (tertiary/aromatic N) is 3. The lowest BCUT2D eigenvalue weighted by molar-refractivity contribution is 0.450. The molecule has 0 saturated carbocycles. The van der Waals surface area contributed by atoms with Crippen molar-refractivity contribution in [3.05, 3.63) is 76.4 Å². The van der Waals surface area contributed by atoms with Gasteiger partial charge in [0, 0.05) is 22.6 Å². The molecule has 0 amide bonds. The first kappa shape index (κ1) is 17.7. The van der Waals surface area contributed by atoms with Crippen LogP contribution in [0.3, 0.4) is 0 Å². The second-order valence-electron chi connectivity index (χ2n) is 5.84. The van der Waals surface area contributed by atoms with E-state index in [4.69, 9.17) is 0 Å². The van der Waals surface area contributed by atoms with Gasteiger partial charge in [0.2, 0.25) is 4.80 Å². The summed E-state index contributed by atoms with van der Waals surface area (Å²) in [6.45, 7) is 6.34. The van der Waals surface area contributed by atoms with Gasteiger partial charge in [0.1, 0.15) is 11.5 Å². The van der Waals surface area contributed by atoms with Crippen LogP contribution in [0.25, 0.3) is 11.3 Å². The van der Waals surface area contributed by atoms with Gasteiger partial charge in [-0.25, -0.2) is 4.68 Å². The Kier molecular flexibility index (Phi) is 5.34. The molecule has 3 aromatic rings. The average molecular weight is 365 g/mol. The fraction of sp³-hybridized carbons (Fsp3) is 0.100. The van der Waals surface area contributed by atoms with Crippen LogP contribution in [0.2, 0.25) is 0 Å². The third-order valence-corrected chi connectivity index (χ3v) is 4.42. The van der Waals surface area contributed by atoms with E-state index in [9.17, 15) is 10.2 Å². The second-order valence-corrected chi connectivity index (χ2v) is 6.68. The van der Waals surface area contributed by atoms with Crippen molar-refractivity contribution in [2.24, 2.45) is 10.1 Å². The van der Waals surface area contributed by atoms with Gasteiger partial charge >= 0.3 is 0 Å². The van der Waals surface area contributed by atoms with E-state index in [2.05, 4.69) is 16.7 Å². The minimum Gasteiger partial charge on any atom is -0.508 e. The highest BCUT2D eigenvalue weighted by Gasteiger charge is 2.07. The van der Waals surface area contributed by atoms with Gasteiger partial charge in [0.15, 0.2) is 0 Å². The van der Waals surface area contributed by atoms with Crippen LogP contribution in [-0.2, 0) is 0 Å². The third kappa shape index (κ3) is 4.10. The van der Waals surface area contributed by atoms with E-state index in [-0.39, 0.29) is 11.5 Å². The van der Waals surface area contributed by atoms with Gasteiger partial charge < -0.3 is 10.2 Å². The van der Waals surface area contributed by atoms with Gasteiger partial charge in [0.05, 0.1) is 18.5 Å². The van der Waals surface area contributed by atoms with Gasteiger partial charge in [-0.2, -0.15) is 5.10 Å².